The van der Waals surface area contributed by atoms with E-state index >= 15 is 0 Å². The molecular formula is C16H17BrN4. The van der Waals surface area contributed by atoms with Gasteiger partial charge in [-0.05, 0) is 39.5 Å². The molecule has 0 aliphatic rings. The van der Waals surface area contributed by atoms with Crippen LogP contribution in [0.25, 0.3) is 5.65 Å². The molecule has 0 aliphatic carbocycles. The minimum Gasteiger partial charge on any atom is -0.379 e. The van der Waals surface area contributed by atoms with Gasteiger partial charge in [0.1, 0.15) is 4.60 Å². The molecule has 0 amide bonds. The van der Waals surface area contributed by atoms with Gasteiger partial charge in [-0.3, -0.25) is 4.40 Å². The van der Waals surface area contributed by atoms with E-state index in [0.717, 1.165) is 28.2 Å². The molecule has 0 fully saturated rings. The molecule has 1 aromatic carbocycles. The SMILES string of the molecule is CC(C)c1cccc(NCc2cnc3cnc(Br)cn23)c1. The Hall–Kier alpha value is -1.88. The van der Waals surface area contributed by atoms with Crippen molar-refractivity contribution in [3.63, 3.8) is 0 Å². The summed E-state index contributed by atoms with van der Waals surface area (Å²) in [6, 6.07) is 8.54. The molecule has 5 heteroatoms. The molecule has 0 radical (unpaired) electrons. The summed E-state index contributed by atoms with van der Waals surface area (Å²) in [6.45, 7) is 5.13. The van der Waals surface area contributed by atoms with Gasteiger partial charge in [-0.15, -0.1) is 0 Å². The lowest BCUT2D eigenvalue weighted by molar-refractivity contribution is 0.866. The number of nitrogens with zero attached hydrogens (tertiary/aromatic N) is 3. The Bertz CT molecular complexity index is 764. The quantitative estimate of drug-likeness (QED) is 0.770. The normalized spacial score (nSPS) is 11.2. The van der Waals surface area contributed by atoms with Crippen LogP contribution < -0.4 is 5.32 Å². The summed E-state index contributed by atoms with van der Waals surface area (Å²) >= 11 is 3.39. The lowest BCUT2D eigenvalue weighted by Crippen LogP contribution is -2.03. The first kappa shape index (κ1) is 14.1. The van der Waals surface area contributed by atoms with Crippen LogP contribution in [-0.4, -0.2) is 14.4 Å². The third kappa shape index (κ3) is 3.08. The smallest absolute Gasteiger partial charge is 0.155 e. The summed E-state index contributed by atoms with van der Waals surface area (Å²) in [5, 5.41) is 3.46. The van der Waals surface area contributed by atoms with E-state index in [1.54, 1.807) is 6.20 Å². The third-order valence-electron chi connectivity index (χ3n) is 3.47. The number of benzene rings is 1. The third-order valence-corrected chi connectivity index (χ3v) is 3.88. The summed E-state index contributed by atoms with van der Waals surface area (Å²) in [4.78, 5) is 8.54. The Kier molecular flexibility index (Phi) is 3.92. The molecular weight excluding hydrogens is 328 g/mol. The van der Waals surface area contributed by atoms with Gasteiger partial charge in [0.25, 0.3) is 0 Å². The maximum Gasteiger partial charge on any atom is 0.155 e. The van der Waals surface area contributed by atoms with E-state index in [4.69, 9.17) is 0 Å². The molecule has 0 unspecified atom stereocenters. The average molecular weight is 345 g/mol. The molecule has 108 valence electrons. The topological polar surface area (TPSA) is 42.2 Å². The zero-order valence-electron chi connectivity index (χ0n) is 12.0. The summed E-state index contributed by atoms with van der Waals surface area (Å²) in [6.07, 6.45) is 5.57. The van der Waals surface area contributed by atoms with Crippen LogP contribution in [0.15, 0.2) is 47.5 Å². The number of imidazole rings is 1. The van der Waals surface area contributed by atoms with Crippen molar-refractivity contribution in [2.75, 3.05) is 5.32 Å². The fourth-order valence-electron chi connectivity index (χ4n) is 2.25. The van der Waals surface area contributed by atoms with Crippen molar-refractivity contribution >= 4 is 27.3 Å². The van der Waals surface area contributed by atoms with Crippen LogP contribution >= 0.6 is 15.9 Å². The summed E-state index contributed by atoms with van der Waals surface area (Å²) < 4.78 is 2.84. The number of hydrogen-bond donors (Lipinski definition) is 1. The second kappa shape index (κ2) is 5.85. The van der Waals surface area contributed by atoms with Gasteiger partial charge in [0, 0.05) is 11.9 Å². The van der Waals surface area contributed by atoms with Crippen LogP contribution in [0.3, 0.4) is 0 Å². The van der Waals surface area contributed by atoms with Crippen LogP contribution in [0.4, 0.5) is 5.69 Å². The highest BCUT2D eigenvalue weighted by Crippen LogP contribution is 2.19. The molecule has 0 bridgehead atoms. The van der Waals surface area contributed by atoms with Gasteiger partial charge in [0.15, 0.2) is 5.65 Å². The molecule has 3 aromatic rings. The predicted octanol–water partition coefficient (Wildman–Crippen LogP) is 4.23. The van der Waals surface area contributed by atoms with E-state index in [9.17, 15) is 0 Å². The van der Waals surface area contributed by atoms with Gasteiger partial charge < -0.3 is 5.32 Å². The first-order valence-electron chi connectivity index (χ1n) is 6.95. The summed E-state index contributed by atoms with van der Waals surface area (Å²) in [5.74, 6) is 0.532. The number of halogens is 1. The van der Waals surface area contributed by atoms with Gasteiger partial charge >= 0.3 is 0 Å². The average Bonchev–Trinajstić information content (AvgIpc) is 2.87. The maximum absolute atomic E-state index is 4.36. The Morgan fingerprint density at radius 1 is 1.24 bits per heavy atom. The Labute approximate surface area is 132 Å². The van der Waals surface area contributed by atoms with Crippen molar-refractivity contribution in [2.45, 2.75) is 26.3 Å². The van der Waals surface area contributed by atoms with Crippen molar-refractivity contribution in [2.24, 2.45) is 0 Å². The van der Waals surface area contributed by atoms with E-state index < -0.39 is 0 Å². The molecule has 21 heavy (non-hydrogen) atoms. The number of hydrogen-bond acceptors (Lipinski definition) is 3. The van der Waals surface area contributed by atoms with E-state index in [2.05, 4.69) is 69.3 Å². The van der Waals surface area contributed by atoms with Crippen LogP contribution in [0, 0.1) is 0 Å². The van der Waals surface area contributed by atoms with Crippen LogP contribution in [0.2, 0.25) is 0 Å². The molecule has 2 heterocycles. The van der Waals surface area contributed by atoms with E-state index in [1.165, 1.54) is 5.56 Å². The number of aromatic nitrogens is 3. The fourth-order valence-corrected chi connectivity index (χ4v) is 2.55. The zero-order valence-corrected chi connectivity index (χ0v) is 13.6. The Morgan fingerprint density at radius 3 is 2.90 bits per heavy atom. The van der Waals surface area contributed by atoms with Gasteiger partial charge in [-0.1, -0.05) is 26.0 Å². The molecule has 4 nitrogen and oxygen atoms in total. The van der Waals surface area contributed by atoms with Crippen molar-refractivity contribution in [1.29, 1.82) is 0 Å². The minimum atomic E-state index is 0.532. The zero-order chi connectivity index (χ0) is 14.8. The molecule has 0 spiro atoms. The van der Waals surface area contributed by atoms with Gasteiger partial charge in [-0.2, -0.15) is 0 Å². The van der Waals surface area contributed by atoms with E-state index in [1.807, 2.05) is 16.8 Å². The lowest BCUT2D eigenvalue weighted by atomic mass is 10.0. The fraction of sp³-hybridized carbons (Fsp3) is 0.250. The Morgan fingerprint density at radius 2 is 2.10 bits per heavy atom. The second-order valence-corrected chi connectivity index (χ2v) is 6.13. The molecule has 0 saturated heterocycles. The first-order chi connectivity index (χ1) is 10.1. The highest BCUT2D eigenvalue weighted by Gasteiger charge is 2.05. The lowest BCUT2D eigenvalue weighted by Gasteiger charge is -2.10. The van der Waals surface area contributed by atoms with Gasteiger partial charge in [-0.25, -0.2) is 9.97 Å². The highest BCUT2D eigenvalue weighted by molar-refractivity contribution is 9.10. The van der Waals surface area contributed by atoms with Crippen molar-refractivity contribution in [3.05, 3.63) is 58.7 Å². The maximum atomic E-state index is 4.36. The van der Waals surface area contributed by atoms with Crippen molar-refractivity contribution < 1.29 is 0 Å². The first-order valence-corrected chi connectivity index (χ1v) is 7.74. The van der Waals surface area contributed by atoms with Crippen LogP contribution in [0.1, 0.15) is 31.0 Å². The largest absolute Gasteiger partial charge is 0.379 e. The second-order valence-electron chi connectivity index (χ2n) is 5.32. The Balaban J connectivity index is 1.80. The van der Waals surface area contributed by atoms with Crippen molar-refractivity contribution in [1.82, 2.24) is 14.4 Å². The van der Waals surface area contributed by atoms with Crippen LogP contribution in [-0.2, 0) is 6.54 Å². The van der Waals surface area contributed by atoms with E-state index in [-0.39, 0.29) is 0 Å². The van der Waals surface area contributed by atoms with Gasteiger partial charge in [0.2, 0.25) is 0 Å². The standard InChI is InChI=1S/C16H17BrN4/c1-11(2)12-4-3-5-13(6-12)18-7-14-8-20-16-9-19-15(17)10-21(14)16/h3-6,8-11,18H,7H2,1-2H3. The molecule has 2 aromatic heterocycles. The predicted molar refractivity (Wildman–Crippen MR) is 88.5 cm³/mol. The molecule has 3 rings (SSSR count). The van der Waals surface area contributed by atoms with E-state index in [0.29, 0.717) is 5.92 Å². The summed E-state index contributed by atoms with van der Waals surface area (Å²) in [5.41, 5.74) is 4.42. The minimum absolute atomic E-state index is 0.532. The molecule has 0 aliphatic heterocycles. The molecule has 1 N–H and O–H groups in total. The molecule has 0 atom stereocenters. The van der Waals surface area contributed by atoms with Crippen LogP contribution in [0.5, 0.6) is 0 Å². The van der Waals surface area contributed by atoms with Crippen molar-refractivity contribution in [3.8, 4) is 0 Å². The highest BCUT2D eigenvalue weighted by atomic mass is 79.9. The number of nitrogens with one attached hydrogen (secondary N) is 1. The monoisotopic (exact) mass is 344 g/mol. The number of fused-ring (bicyclic) bond motifs is 1. The summed E-state index contributed by atoms with van der Waals surface area (Å²) in [7, 11) is 0. The van der Waals surface area contributed by atoms with Gasteiger partial charge in [0.05, 0.1) is 24.6 Å². The number of rotatable bonds is 4. The number of anilines is 1. The molecule has 0 saturated carbocycles.